The maximum Gasteiger partial charge on any atom is 0.163 e. The summed E-state index contributed by atoms with van der Waals surface area (Å²) >= 11 is 6.06. The van der Waals surface area contributed by atoms with Gasteiger partial charge in [-0.25, -0.2) is 9.37 Å². The average Bonchev–Trinajstić information content (AvgIpc) is 3.72. The van der Waals surface area contributed by atoms with Gasteiger partial charge in [-0.3, -0.25) is 4.79 Å². The van der Waals surface area contributed by atoms with Gasteiger partial charge in [-0.05, 0) is 108 Å². The van der Waals surface area contributed by atoms with Crippen molar-refractivity contribution in [2.45, 2.75) is 63.7 Å². The molecule has 1 atom stereocenters. The normalized spacial score (nSPS) is 15.2. The molecule has 0 aliphatic heterocycles. The van der Waals surface area contributed by atoms with E-state index in [0.29, 0.717) is 34.0 Å². The molecule has 208 valence electrons. The number of aliphatic hydroxyl groups is 1. The quantitative estimate of drug-likeness (QED) is 0.264. The van der Waals surface area contributed by atoms with Gasteiger partial charge >= 0.3 is 0 Å². The summed E-state index contributed by atoms with van der Waals surface area (Å²) in [5, 5.41) is 11.6. The molecule has 1 saturated carbocycles. The molecule has 1 aliphatic carbocycles. The van der Waals surface area contributed by atoms with Crippen molar-refractivity contribution in [1.82, 2.24) is 9.88 Å². The minimum Gasteiger partial charge on any atom is -0.493 e. The number of Topliss-reactive ketones (excluding diaryl/α,β-unsaturated/α-hetero) is 1. The van der Waals surface area contributed by atoms with Crippen molar-refractivity contribution >= 4 is 17.4 Å². The highest BCUT2D eigenvalue weighted by molar-refractivity contribution is 6.31. The van der Waals surface area contributed by atoms with Crippen molar-refractivity contribution in [3.63, 3.8) is 0 Å². The number of benzene rings is 2. The highest BCUT2D eigenvalue weighted by Gasteiger charge is 2.31. The number of nitrogens with zero attached hydrogens (tertiary/aromatic N) is 2. The second-order valence-corrected chi connectivity index (χ2v) is 11.5. The van der Waals surface area contributed by atoms with Crippen molar-refractivity contribution < 1.29 is 23.8 Å². The maximum atomic E-state index is 13.9. The molecule has 1 aromatic heterocycles. The molecule has 1 unspecified atom stereocenters. The Labute approximate surface area is 234 Å². The van der Waals surface area contributed by atoms with Crippen LogP contribution >= 0.6 is 11.6 Å². The van der Waals surface area contributed by atoms with Crippen LogP contribution in [0.25, 0.3) is 11.3 Å². The van der Waals surface area contributed by atoms with Crippen LogP contribution < -0.4 is 9.47 Å². The van der Waals surface area contributed by atoms with Gasteiger partial charge in [-0.15, -0.1) is 0 Å². The smallest absolute Gasteiger partial charge is 0.163 e. The van der Waals surface area contributed by atoms with Crippen LogP contribution in [-0.2, 0) is 11.1 Å². The number of halogens is 2. The maximum absolute atomic E-state index is 13.9. The Kier molecular flexibility index (Phi) is 8.36. The van der Waals surface area contributed by atoms with Crippen molar-refractivity contribution in [2.75, 3.05) is 21.2 Å². The summed E-state index contributed by atoms with van der Waals surface area (Å²) in [6.07, 6.45) is 2.51. The van der Waals surface area contributed by atoms with Crippen LogP contribution in [0.3, 0.4) is 0 Å². The zero-order valence-corrected chi connectivity index (χ0v) is 24.1. The van der Waals surface area contributed by atoms with Gasteiger partial charge < -0.3 is 19.5 Å². The standard InChI is InChI=1S/C31H36ClFN2O4/c1-30(2,35(4)5)21-17-25(19-7-11-24(33)23(32)15-19)34-29(18-21)31(3,37)14-13-26(36)20-8-12-27(28(16-20)38-6)39-22-9-10-22/h7-8,11-12,15-18,22,37H,9-10,13-14H2,1-6H3. The van der Waals surface area contributed by atoms with E-state index >= 15 is 0 Å². The Morgan fingerprint density at radius 3 is 2.44 bits per heavy atom. The third-order valence-electron chi connectivity index (χ3n) is 7.56. The second-order valence-electron chi connectivity index (χ2n) is 11.1. The lowest BCUT2D eigenvalue weighted by atomic mass is 9.87. The molecule has 0 spiro atoms. The van der Waals surface area contributed by atoms with Crippen molar-refractivity contribution in [3.05, 3.63) is 76.2 Å². The highest BCUT2D eigenvalue weighted by atomic mass is 35.5. The predicted molar refractivity (Wildman–Crippen MR) is 151 cm³/mol. The number of carbonyl (C=O) groups is 1. The summed E-state index contributed by atoms with van der Waals surface area (Å²) in [6.45, 7) is 5.79. The lowest BCUT2D eigenvalue weighted by Crippen LogP contribution is -2.36. The van der Waals surface area contributed by atoms with Crippen LogP contribution in [0, 0.1) is 5.82 Å². The monoisotopic (exact) mass is 554 g/mol. The SMILES string of the molecule is COc1cc(C(=O)CCC(C)(O)c2cc(C(C)(C)N(C)C)cc(-c3ccc(F)c(Cl)c3)n2)ccc1OC1CC1. The van der Waals surface area contributed by atoms with Gasteiger partial charge in [-0.2, -0.15) is 0 Å². The molecule has 8 heteroatoms. The molecule has 3 aromatic rings. The lowest BCUT2D eigenvalue weighted by molar-refractivity contribution is 0.0394. The molecule has 1 fully saturated rings. The molecule has 6 nitrogen and oxygen atoms in total. The van der Waals surface area contributed by atoms with Gasteiger partial charge in [0.2, 0.25) is 0 Å². The van der Waals surface area contributed by atoms with Crippen molar-refractivity contribution in [1.29, 1.82) is 0 Å². The Balaban J connectivity index is 1.61. The molecular weight excluding hydrogens is 519 g/mol. The summed E-state index contributed by atoms with van der Waals surface area (Å²) in [7, 11) is 5.50. The molecule has 0 saturated heterocycles. The van der Waals surface area contributed by atoms with E-state index in [4.69, 9.17) is 26.1 Å². The van der Waals surface area contributed by atoms with Gasteiger partial charge in [0, 0.05) is 23.1 Å². The van der Waals surface area contributed by atoms with Crippen LogP contribution in [-0.4, -0.2) is 48.1 Å². The van der Waals surface area contributed by atoms with E-state index < -0.39 is 17.0 Å². The number of ketones is 1. The molecule has 2 aromatic carbocycles. The number of pyridine rings is 1. The molecule has 1 aliphatic rings. The fraction of sp³-hybridized carbons (Fsp3) is 0.419. The number of carbonyl (C=O) groups excluding carboxylic acids is 1. The molecule has 0 radical (unpaired) electrons. The van der Waals surface area contributed by atoms with E-state index in [2.05, 4.69) is 18.7 Å². The van der Waals surface area contributed by atoms with Crippen LogP contribution in [0.5, 0.6) is 11.5 Å². The van der Waals surface area contributed by atoms with E-state index in [-0.39, 0.29) is 29.8 Å². The van der Waals surface area contributed by atoms with Gasteiger partial charge in [0.1, 0.15) is 11.4 Å². The van der Waals surface area contributed by atoms with Crippen molar-refractivity contribution in [2.24, 2.45) is 0 Å². The number of methoxy groups -OCH3 is 1. The predicted octanol–water partition coefficient (Wildman–Crippen LogP) is 6.76. The molecule has 39 heavy (non-hydrogen) atoms. The van der Waals surface area contributed by atoms with E-state index in [0.717, 1.165) is 18.4 Å². The van der Waals surface area contributed by atoms with E-state index in [1.165, 1.54) is 12.1 Å². The van der Waals surface area contributed by atoms with Gasteiger partial charge in [0.25, 0.3) is 0 Å². The summed E-state index contributed by atoms with van der Waals surface area (Å²) in [5.74, 6) is 0.505. The summed E-state index contributed by atoms with van der Waals surface area (Å²) in [6, 6.07) is 13.4. The largest absolute Gasteiger partial charge is 0.493 e. The number of rotatable bonds is 11. The number of hydrogen-bond donors (Lipinski definition) is 1. The summed E-state index contributed by atoms with van der Waals surface area (Å²) in [4.78, 5) is 19.9. The van der Waals surface area contributed by atoms with E-state index in [1.54, 1.807) is 38.3 Å². The first-order valence-electron chi connectivity index (χ1n) is 13.1. The number of aromatic nitrogens is 1. The van der Waals surface area contributed by atoms with E-state index in [9.17, 15) is 14.3 Å². The topological polar surface area (TPSA) is 71.9 Å². The second kappa shape index (κ2) is 11.2. The molecule has 0 bridgehead atoms. The third-order valence-corrected chi connectivity index (χ3v) is 7.85. The first-order valence-corrected chi connectivity index (χ1v) is 13.5. The molecule has 1 N–H and O–H groups in total. The van der Waals surface area contributed by atoms with Gasteiger partial charge in [-0.1, -0.05) is 11.6 Å². The van der Waals surface area contributed by atoms with Crippen LogP contribution in [0.4, 0.5) is 4.39 Å². The first kappa shape index (κ1) is 29.0. The summed E-state index contributed by atoms with van der Waals surface area (Å²) < 4.78 is 25.2. The van der Waals surface area contributed by atoms with Crippen LogP contribution in [0.2, 0.25) is 5.02 Å². The Morgan fingerprint density at radius 1 is 1.10 bits per heavy atom. The average molecular weight is 555 g/mol. The first-order chi connectivity index (χ1) is 18.3. The van der Waals surface area contributed by atoms with E-state index in [1.807, 2.05) is 26.2 Å². The molecular formula is C31H36ClFN2O4. The lowest BCUT2D eigenvalue weighted by Gasteiger charge is -2.34. The zero-order chi connectivity index (χ0) is 28.5. The van der Waals surface area contributed by atoms with Crippen LogP contribution in [0.15, 0.2) is 48.5 Å². The Hall–Kier alpha value is -3.00. The Morgan fingerprint density at radius 2 is 1.82 bits per heavy atom. The highest BCUT2D eigenvalue weighted by Crippen LogP contribution is 2.37. The number of hydrogen-bond acceptors (Lipinski definition) is 6. The minimum absolute atomic E-state index is 0.00513. The molecule has 1 heterocycles. The third kappa shape index (κ3) is 6.60. The minimum atomic E-state index is -1.41. The molecule has 0 amide bonds. The molecule has 4 rings (SSSR count). The summed E-state index contributed by atoms with van der Waals surface area (Å²) in [5.41, 5.74) is 1.20. The fourth-order valence-corrected chi connectivity index (χ4v) is 4.33. The number of ether oxygens (including phenoxy) is 2. The zero-order valence-electron chi connectivity index (χ0n) is 23.3. The van der Waals surface area contributed by atoms with Gasteiger partial charge in [0.05, 0.1) is 29.6 Å². The van der Waals surface area contributed by atoms with Crippen LogP contribution in [0.1, 0.15) is 68.1 Å². The fourth-order valence-electron chi connectivity index (χ4n) is 4.15. The van der Waals surface area contributed by atoms with Gasteiger partial charge in [0.15, 0.2) is 17.3 Å². The van der Waals surface area contributed by atoms with Crippen molar-refractivity contribution in [3.8, 4) is 22.8 Å². The Bertz CT molecular complexity index is 1370.